The van der Waals surface area contributed by atoms with Crippen molar-refractivity contribution in [2.75, 3.05) is 13.2 Å². The van der Waals surface area contributed by atoms with Gasteiger partial charge in [-0.05, 0) is 12.1 Å². The number of benzene rings is 2. The molecular formula is C16H20NO2+. The zero-order chi connectivity index (χ0) is 13.3. The van der Waals surface area contributed by atoms with Crippen LogP contribution < -0.4 is 10.1 Å². The van der Waals surface area contributed by atoms with Crippen molar-refractivity contribution in [1.29, 1.82) is 0 Å². The van der Waals surface area contributed by atoms with Crippen LogP contribution in [0.25, 0.3) is 0 Å². The lowest BCUT2D eigenvalue weighted by Crippen LogP contribution is -2.85. The van der Waals surface area contributed by atoms with Crippen LogP contribution in [0.5, 0.6) is 5.75 Å². The van der Waals surface area contributed by atoms with E-state index in [4.69, 9.17) is 4.74 Å². The average Bonchev–Trinajstić information content (AvgIpc) is 2.47. The maximum Gasteiger partial charge on any atom is 0.137 e. The third-order valence-corrected chi connectivity index (χ3v) is 2.85. The van der Waals surface area contributed by atoms with Crippen molar-refractivity contribution in [1.82, 2.24) is 0 Å². The van der Waals surface area contributed by atoms with Crippen molar-refractivity contribution in [2.45, 2.75) is 12.6 Å². The number of quaternary nitrogens is 1. The van der Waals surface area contributed by atoms with Crippen LogP contribution in [0.1, 0.15) is 5.56 Å². The number of hydrogen-bond acceptors (Lipinski definition) is 2. The van der Waals surface area contributed by atoms with Crippen molar-refractivity contribution >= 4 is 0 Å². The Labute approximate surface area is 113 Å². The van der Waals surface area contributed by atoms with Gasteiger partial charge in [0, 0.05) is 5.56 Å². The Morgan fingerprint density at radius 2 is 1.58 bits per heavy atom. The number of para-hydroxylation sites is 1. The Balaban J connectivity index is 1.64. The maximum absolute atomic E-state index is 9.83. The molecule has 0 fully saturated rings. The first kappa shape index (κ1) is 13.6. The van der Waals surface area contributed by atoms with E-state index in [0.717, 1.165) is 12.3 Å². The summed E-state index contributed by atoms with van der Waals surface area (Å²) in [5.41, 5.74) is 1.26. The lowest BCUT2D eigenvalue weighted by atomic mass is 10.2. The molecule has 0 aliphatic rings. The van der Waals surface area contributed by atoms with Crippen LogP contribution in [0.4, 0.5) is 0 Å². The van der Waals surface area contributed by atoms with E-state index >= 15 is 0 Å². The standard InChI is InChI=1S/C16H19NO2/c18-15(13-19-16-9-5-2-6-10-16)12-17-11-14-7-3-1-4-8-14/h1-10,15,17-18H,11-13H2/p+1/t15-/m1/s1. The molecular weight excluding hydrogens is 238 g/mol. The van der Waals surface area contributed by atoms with Crippen LogP contribution in [0.15, 0.2) is 60.7 Å². The largest absolute Gasteiger partial charge is 0.491 e. The van der Waals surface area contributed by atoms with Gasteiger partial charge in [0.05, 0.1) is 0 Å². The minimum atomic E-state index is -0.455. The Morgan fingerprint density at radius 1 is 0.947 bits per heavy atom. The monoisotopic (exact) mass is 258 g/mol. The number of aliphatic hydroxyl groups is 1. The third kappa shape index (κ3) is 5.12. The summed E-state index contributed by atoms with van der Waals surface area (Å²) in [6.07, 6.45) is -0.455. The van der Waals surface area contributed by atoms with Crippen molar-refractivity contribution in [2.24, 2.45) is 0 Å². The van der Waals surface area contributed by atoms with Gasteiger partial charge in [-0.15, -0.1) is 0 Å². The van der Waals surface area contributed by atoms with Gasteiger partial charge in [-0.1, -0.05) is 48.5 Å². The molecule has 19 heavy (non-hydrogen) atoms. The zero-order valence-electron chi connectivity index (χ0n) is 10.9. The summed E-state index contributed by atoms with van der Waals surface area (Å²) < 4.78 is 5.50. The van der Waals surface area contributed by atoms with E-state index in [1.807, 2.05) is 48.5 Å². The quantitative estimate of drug-likeness (QED) is 0.783. The van der Waals surface area contributed by atoms with Crippen LogP contribution >= 0.6 is 0 Å². The van der Waals surface area contributed by atoms with Crippen molar-refractivity contribution in [3.05, 3.63) is 66.2 Å². The van der Waals surface area contributed by atoms with E-state index in [9.17, 15) is 5.11 Å². The predicted octanol–water partition coefficient (Wildman–Crippen LogP) is 1.19. The Hall–Kier alpha value is -1.84. The van der Waals surface area contributed by atoms with Crippen molar-refractivity contribution < 1.29 is 15.2 Å². The number of hydrogen-bond donors (Lipinski definition) is 2. The summed E-state index contributed by atoms with van der Waals surface area (Å²) in [6.45, 7) is 1.85. The molecule has 0 aromatic heterocycles. The van der Waals surface area contributed by atoms with Gasteiger partial charge in [-0.25, -0.2) is 0 Å². The van der Waals surface area contributed by atoms with Crippen molar-refractivity contribution in [3.8, 4) is 5.75 Å². The molecule has 0 heterocycles. The molecule has 0 unspecified atom stereocenters. The molecule has 2 aromatic rings. The van der Waals surface area contributed by atoms with Gasteiger partial charge in [0.1, 0.15) is 31.5 Å². The Bertz CT molecular complexity index is 459. The van der Waals surface area contributed by atoms with Gasteiger partial charge >= 0.3 is 0 Å². The second-order valence-corrected chi connectivity index (χ2v) is 4.49. The summed E-state index contributed by atoms with van der Waals surface area (Å²) in [5, 5.41) is 11.9. The highest BCUT2D eigenvalue weighted by atomic mass is 16.5. The first-order valence-electron chi connectivity index (χ1n) is 6.56. The van der Waals surface area contributed by atoms with Gasteiger partial charge < -0.3 is 15.2 Å². The highest BCUT2D eigenvalue weighted by molar-refractivity contribution is 5.20. The summed E-state index contributed by atoms with van der Waals surface area (Å²) in [6, 6.07) is 19.8. The summed E-state index contributed by atoms with van der Waals surface area (Å²) in [5.74, 6) is 0.796. The van der Waals surface area contributed by atoms with E-state index < -0.39 is 6.10 Å². The number of ether oxygens (including phenoxy) is 1. The number of nitrogens with two attached hydrogens (primary N) is 1. The number of aliphatic hydroxyl groups excluding tert-OH is 1. The lowest BCUT2D eigenvalue weighted by Gasteiger charge is -2.11. The van der Waals surface area contributed by atoms with Gasteiger partial charge in [0.25, 0.3) is 0 Å². The molecule has 1 atom stereocenters. The summed E-state index contributed by atoms with van der Waals surface area (Å²) >= 11 is 0. The molecule has 2 rings (SSSR count). The molecule has 0 spiro atoms. The van der Waals surface area contributed by atoms with Crippen LogP contribution in [-0.2, 0) is 6.54 Å². The maximum atomic E-state index is 9.83. The van der Waals surface area contributed by atoms with Gasteiger partial charge in [-0.2, -0.15) is 0 Å². The van der Waals surface area contributed by atoms with E-state index in [1.54, 1.807) is 0 Å². The topological polar surface area (TPSA) is 46.1 Å². The average molecular weight is 258 g/mol. The molecule has 0 aliphatic carbocycles. The molecule has 0 saturated heterocycles. The van der Waals surface area contributed by atoms with E-state index in [-0.39, 0.29) is 0 Å². The summed E-state index contributed by atoms with van der Waals surface area (Å²) in [7, 11) is 0. The van der Waals surface area contributed by atoms with Gasteiger partial charge in [-0.3, -0.25) is 0 Å². The zero-order valence-corrected chi connectivity index (χ0v) is 10.9. The smallest absolute Gasteiger partial charge is 0.137 e. The van der Waals surface area contributed by atoms with E-state index in [2.05, 4.69) is 17.4 Å². The normalized spacial score (nSPS) is 12.1. The molecule has 3 nitrogen and oxygen atoms in total. The Kier molecular flexibility index (Phi) is 5.41. The lowest BCUT2D eigenvalue weighted by molar-refractivity contribution is -0.676. The second kappa shape index (κ2) is 7.56. The molecule has 0 saturated carbocycles. The van der Waals surface area contributed by atoms with Crippen LogP contribution in [0, 0.1) is 0 Å². The highest BCUT2D eigenvalue weighted by Gasteiger charge is 2.07. The minimum Gasteiger partial charge on any atom is -0.491 e. The van der Waals surface area contributed by atoms with E-state index in [1.165, 1.54) is 5.56 Å². The van der Waals surface area contributed by atoms with Crippen LogP contribution in [0.3, 0.4) is 0 Å². The molecule has 3 heteroatoms. The third-order valence-electron chi connectivity index (χ3n) is 2.85. The fourth-order valence-electron chi connectivity index (χ4n) is 1.83. The van der Waals surface area contributed by atoms with Gasteiger partial charge in [0.2, 0.25) is 0 Å². The summed E-state index contributed by atoms with van der Waals surface area (Å²) in [4.78, 5) is 0. The molecule has 100 valence electrons. The molecule has 0 bridgehead atoms. The van der Waals surface area contributed by atoms with Crippen LogP contribution in [0.2, 0.25) is 0 Å². The highest BCUT2D eigenvalue weighted by Crippen LogP contribution is 2.08. The van der Waals surface area contributed by atoms with Crippen molar-refractivity contribution in [3.63, 3.8) is 0 Å². The molecule has 0 radical (unpaired) electrons. The fourth-order valence-corrected chi connectivity index (χ4v) is 1.83. The predicted molar refractivity (Wildman–Crippen MR) is 74.9 cm³/mol. The second-order valence-electron chi connectivity index (χ2n) is 4.49. The van der Waals surface area contributed by atoms with E-state index in [0.29, 0.717) is 13.2 Å². The Morgan fingerprint density at radius 3 is 2.26 bits per heavy atom. The van der Waals surface area contributed by atoms with Gasteiger partial charge in [0.15, 0.2) is 0 Å². The minimum absolute atomic E-state index is 0.329. The SMILES string of the molecule is O[C@H](C[NH2+]Cc1ccccc1)COc1ccccc1. The molecule has 0 aliphatic heterocycles. The first-order chi connectivity index (χ1) is 9.34. The molecule has 0 amide bonds. The fraction of sp³-hybridized carbons (Fsp3) is 0.250. The number of rotatable bonds is 7. The molecule has 3 N–H and O–H groups in total. The van der Waals surface area contributed by atoms with Crippen LogP contribution in [-0.4, -0.2) is 24.4 Å². The first-order valence-corrected chi connectivity index (χ1v) is 6.56. The molecule has 2 aromatic carbocycles.